The van der Waals surface area contributed by atoms with E-state index in [0.29, 0.717) is 22.8 Å². The van der Waals surface area contributed by atoms with Crippen LogP contribution in [0.3, 0.4) is 0 Å². The first-order valence-corrected chi connectivity index (χ1v) is 10.6. The van der Waals surface area contributed by atoms with Crippen LogP contribution in [0.1, 0.15) is 40.3 Å². The summed E-state index contributed by atoms with van der Waals surface area (Å²) >= 11 is 0. The number of phenols is 1. The Morgan fingerprint density at radius 3 is 1.56 bits per heavy atom. The zero-order valence-electron chi connectivity index (χ0n) is 19.8. The number of phenolic OH excluding ortho intramolecular Hbond substituents is 1. The quantitative estimate of drug-likeness (QED) is 0.264. The average molecular weight is 431 g/mol. The van der Waals surface area contributed by atoms with Gasteiger partial charge < -0.3 is 14.6 Å². The van der Waals surface area contributed by atoms with E-state index in [-0.39, 0.29) is 0 Å². The first-order chi connectivity index (χ1) is 15.0. The second-order valence-electron chi connectivity index (χ2n) is 8.56. The molecule has 166 valence electrons. The molecule has 0 spiro atoms. The van der Waals surface area contributed by atoms with E-state index in [4.69, 9.17) is 9.47 Å². The Bertz CT molecular complexity index is 1170. The predicted octanol–water partition coefficient (Wildman–Crippen LogP) is 7.18. The summed E-state index contributed by atoms with van der Waals surface area (Å²) in [5.41, 5.74) is 7.86. The molecule has 32 heavy (non-hydrogen) atoms. The third-order valence-electron chi connectivity index (χ3n) is 5.48. The fraction of sp³-hybridized carbons (Fsp3) is 0.250. The second-order valence-corrected chi connectivity index (χ2v) is 8.56. The van der Waals surface area contributed by atoms with E-state index < -0.39 is 5.97 Å². The van der Waals surface area contributed by atoms with Gasteiger partial charge in [-0.2, -0.15) is 0 Å². The van der Waals surface area contributed by atoms with Crippen molar-refractivity contribution in [2.24, 2.45) is 0 Å². The van der Waals surface area contributed by atoms with Gasteiger partial charge >= 0.3 is 5.97 Å². The molecule has 0 saturated carbocycles. The van der Waals surface area contributed by atoms with E-state index in [2.05, 4.69) is 18.7 Å². The number of aryl methyl sites for hydroxylation is 6. The van der Waals surface area contributed by atoms with Crippen LogP contribution in [0.15, 0.2) is 48.6 Å². The first-order valence-electron chi connectivity index (χ1n) is 10.6. The van der Waals surface area contributed by atoms with E-state index in [1.807, 2.05) is 65.8 Å². The molecule has 4 nitrogen and oxygen atoms in total. The number of carbonyl (C=O) groups excluding carboxylic acids is 1. The maximum Gasteiger partial charge on any atom is 0.338 e. The summed E-state index contributed by atoms with van der Waals surface area (Å²) < 4.78 is 11.7. The van der Waals surface area contributed by atoms with E-state index in [1.54, 1.807) is 6.92 Å². The van der Waals surface area contributed by atoms with E-state index >= 15 is 0 Å². The summed E-state index contributed by atoms with van der Waals surface area (Å²) in [4.78, 5) is 11.9. The van der Waals surface area contributed by atoms with Crippen molar-refractivity contribution in [3.63, 3.8) is 0 Å². The highest BCUT2D eigenvalue weighted by Crippen LogP contribution is 2.37. The van der Waals surface area contributed by atoms with Gasteiger partial charge in [0.05, 0.1) is 0 Å². The zero-order chi connectivity index (χ0) is 23.7. The number of hydrogen-bond acceptors (Lipinski definition) is 4. The Kier molecular flexibility index (Phi) is 6.45. The molecule has 0 aromatic heterocycles. The van der Waals surface area contributed by atoms with E-state index in [9.17, 15) is 9.90 Å². The molecule has 0 aliphatic carbocycles. The molecule has 3 aromatic rings. The van der Waals surface area contributed by atoms with Crippen LogP contribution in [-0.4, -0.2) is 11.1 Å². The molecule has 0 saturated heterocycles. The Balaban J connectivity index is 1.93. The number of esters is 1. The Morgan fingerprint density at radius 1 is 0.719 bits per heavy atom. The number of hydrogen-bond donors (Lipinski definition) is 1. The van der Waals surface area contributed by atoms with Gasteiger partial charge in [-0.3, -0.25) is 0 Å². The van der Waals surface area contributed by atoms with E-state index in [0.717, 1.165) is 50.3 Å². The summed E-state index contributed by atoms with van der Waals surface area (Å²) in [5.74, 6) is 1.92. The van der Waals surface area contributed by atoms with Gasteiger partial charge in [0.2, 0.25) is 0 Å². The van der Waals surface area contributed by atoms with Crippen molar-refractivity contribution in [2.75, 3.05) is 0 Å². The molecule has 0 atom stereocenters. The summed E-state index contributed by atoms with van der Waals surface area (Å²) in [6.45, 7) is 16.9. The van der Waals surface area contributed by atoms with Crippen molar-refractivity contribution in [1.29, 1.82) is 0 Å². The molecule has 0 bridgehead atoms. The summed E-state index contributed by atoms with van der Waals surface area (Å²) in [6.07, 6.45) is 0. The molecule has 3 rings (SSSR count). The SMILES string of the molecule is C=C(C)C(=O)Oc1c(C)cc(Oc2c(C)cc(-c3cc(C)c(O)c(C)c3)cc2C)cc1C. The molecular formula is C28H30O4. The van der Waals surface area contributed by atoms with Crippen LogP contribution in [0.4, 0.5) is 0 Å². The van der Waals surface area contributed by atoms with Crippen molar-refractivity contribution < 1.29 is 19.4 Å². The maximum absolute atomic E-state index is 11.9. The Labute approximate surface area is 190 Å². The van der Waals surface area contributed by atoms with Crippen LogP contribution in [0.5, 0.6) is 23.0 Å². The molecule has 3 aromatic carbocycles. The van der Waals surface area contributed by atoms with Crippen LogP contribution >= 0.6 is 0 Å². The van der Waals surface area contributed by atoms with Crippen LogP contribution in [-0.2, 0) is 4.79 Å². The number of ether oxygens (including phenoxy) is 2. The largest absolute Gasteiger partial charge is 0.507 e. The van der Waals surface area contributed by atoms with Gasteiger partial charge in [0.1, 0.15) is 23.0 Å². The molecule has 4 heteroatoms. The lowest BCUT2D eigenvalue weighted by atomic mass is 9.96. The van der Waals surface area contributed by atoms with E-state index in [1.165, 1.54) is 0 Å². The van der Waals surface area contributed by atoms with Crippen LogP contribution in [0.25, 0.3) is 11.1 Å². The topological polar surface area (TPSA) is 55.8 Å². The van der Waals surface area contributed by atoms with Crippen molar-refractivity contribution in [2.45, 2.75) is 48.5 Å². The molecule has 0 amide bonds. The highest BCUT2D eigenvalue weighted by atomic mass is 16.5. The average Bonchev–Trinajstić information content (AvgIpc) is 2.70. The zero-order valence-corrected chi connectivity index (χ0v) is 19.8. The number of aromatic hydroxyl groups is 1. The lowest BCUT2D eigenvalue weighted by molar-refractivity contribution is -0.130. The summed E-state index contributed by atoms with van der Waals surface area (Å²) in [7, 11) is 0. The standard InChI is InChI=1S/C28H30O4/c1-15(2)28(30)32-27-20(7)13-24(14-21(27)8)31-26-18(5)11-23(12-19(26)6)22-9-16(3)25(29)17(4)10-22/h9-14,29H,1H2,2-8H3. The molecule has 0 aliphatic rings. The fourth-order valence-electron chi connectivity index (χ4n) is 3.83. The van der Waals surface area contributed by atoms with Gasteiger partial charge in [0.25, 0.3) is 0 Å². The minimum atomic E-state index is -0.438. The third kappa shape index (κ3) is 4.70. The van der Waals surface area contributed by atoms with Crippen LogP contribution in [0.2, 0.25) is 0 Å². The molecular weight excluding hydrogens is 400 g/mol. The Morgan fingerprint density at radius 2 is 1.12 bits per heavy atom. The van der Waals surface area contributed by atoms with Gasteiger partial charge in [-0.15, -0.1) is 0 Å². The molecule has 0 unspecified atom stereocenters. The van der Waals surface area contributed by atoms with Gasteiger partial charge in [-0.25, -0.2) is 4.79 Å². The second kappa shape index (κ2) is 8.91. The van der Waals surface area contributed by atoms with Gasteiger partial charge in [-0.1, -0.05) is 6.58 Å². The molecule has 0 heterocycles. The van der Waals surface area contributed by atoms with Crippen LogP contribution in [0, 0.1) is 41.5 Å². The molecule has 0 radical (unpaired) electrons. The lowest BCUT2D eigenvalue weighted by Crippen LogP contribution is -2.10. The normalized spacial score (nSPS) is 10.7. The van der Waals surface area contributed by atoms with Gasteiger partial charge in [0, 0.05) is 5.57 Å². The molecule has 0 fully saturated rings. The van der Waals surface area contributed by atoms with Gasteiger partial charge in [0.15, 0.2) is 0 Å². The fourth-order valence-corrected chi connectivity index (χ4v) is 3.83. The minimum Gasteiger partial charge on any atom is -0.507 e. The van der Waals surface area contributed by atoms with Crippen molar-refractivity contribution >= 4 is 5.97 Å². The molecule has 0 aliphatic heterocycles. The predicted molar refractivity (Wildman–Crippen MR) is 129 cm³/mol. The van der Waals surface area contributed by atoms with Gasteiger partial charge in [-0.05, 0) is 129 Å². The third-order valence-corrected chi connectivity index (χ3v) is 5.48. The molecule has 1 N–H and O–H groups in total. The number of benzene rings is 3. The van der Waals surface area contributed by atoms with Crippen LogP contribution < -0.4 is 9.47 Å². The summed E-state index contributed by atoms with van der Waals surface area (Å²) in [6, 6.07) is 11.9. The summed E-state index contributed by atoms with van der Waals surface area (Å²) in [5, 5.41) is 10.1. The lowest BCUT2D eigenvalue weighted by Gasteiger charge is -2.17. The number of carbonyl (C=O) groups is 1. The Hall–Kier alpha value is -3.53. The van der Waals surface area contributed by atoms with Crippen molar-refractivity contribution in [3.05, 3.63) is 81.9 Å². The highest BCUT2D eigenvalue weighted by Gasteiger charge is 2.15. The maximum atomic E-state index is 11.9. The number of rotatable bonds is 5. The first kappa shape index (κ1) is 23.1. The van der Waals surface area contributed by atoms with Crippen molar-refractivity contribution in [1.82, 2.24) is 0 Å². The smallest absolute Gasteiger partial charge is 0.338 e. The highest BCUT2D eigenvalue weighted by molar-refractivity contribution is 5.89. The monoisotopic (exact) mass is 430 g/mol. The van der Waals surface area contributed by atoms with Crippen molar-refractivity contribution in [3.8, 4) is 34.1 Å². The minimum absolute atomic E-state index is 0.338.